The lowest BCUT2D eigenvalue weighted by Gasteiger charge is -2.00. The summed E-state index contributed by atoms with van der Waals surface area (Å²) in [5.74, 6) is -0.412. The summed E-state index contributed by atoms with van der Waals surface area (Å²) in [6, 6.07) is 16.9. The zero-order valence-electron chi connectivity index (χ0n) is 11.7. The minimum atomic E-state index is -0.575. The number of nitrogens with zero attached hydrogens (tertiary/aromatic N) is 1. The first kappa shape index (κ1) is 14.5. The normalized spacial score (nSPS) is 11.6. The molecule has 0 saturated heterocycles. The van der Waals surface area contributed by atoms with Crippen molar-refractivity contribution in [2.45, 2.75) is 6.92 Å². The molecule has 0 fully saturated rings. The van der Waals surface area contributed by atoms with Gasteiger partial charge in [-0.15, -0.1) is 0 Å². The highest BCUT2D eigenvalue weighted by atomic mass is 16.7. The smallest absolute Gasteiger partial charge is 0.358 e. The highest BCUT2D eigenvalue weighted by Gasteiger charge is 2.01. The second kappa shape index (κ2) is 7.05. The number of aryl methyl sites for hydroxylation is 1. The molecule has 106 valence electrons. The Kier molecular flexibility index (Phi) is 4.88. The fourth-order valence-corrected chi connectivity index (χ4v) is 1.63. The molecule has 4 nitrogen and oxygen atoms in total. The number of nitrogens with two attached hydrogens (primary N) is 1. The van der Waals surface area contributed by atoms with E-state index in [2.05, 4.69) is 5.16 Å². The van der Waals surface area contributed by atoms with E-state index < -0.39 is 5.97 Å². The largest absolute Gasteiger partial charge is 0.380 e. The van der Waals surface area contributed by atoms with Crippen molar-refractivity contribution in [2.75, 3.05) is 0 Å². The average molecular weight is 280 g/mol. The predicted molar refractivity (Wildman–Crippen MR) is 83.5 cm³/mol. The van der Waals surface area contributed by atoms with Crippen molar-refractivity contribution in [1.29, 1.82) is 0 Å². The average Bonchev–Trinajstić information content (AvgIpc) is 2.52. The van der Waals surface area contributed by atoms with Gasteiger partial charge < -0.3 is 10.6 Å². The van der Waals surface area contributed by atoms with Crippen LogP contribution in [-0.4, -0.2) is 11.8 Å². The lowest BCUT2D eigenvalue weighted by atomic mass is 10.1. The highest BCUT2D eigenvalue weighted by molar-refractivity contribution is 5.97. The Balaban J connectivity index is 1.95. The molecule has 21 heavy (non-hydrogen) atoms. The number of oxime groups is 1. The lowest BCUT2D eigenvalue weighted by Crippen LogP contribution is -2.14. The van der Waals surface area contributed by atoms with Crippen LogP contribution in [0.1, 0.15) is 16.7 Å². The van der Waals surface area contributed by atoms with Crippen LogP contribution in [0.4, 0.5) is 0 Å². The van der Waals surface area contributed by atoms with Gasteiger partial charge in [0.05, 0.1) is 0 Å². The van der Waals surface area contributed by atoms with Crippen LogP contribution in [-0.2, 0) is 9.63 Å². The fourth-order valence-electron chi connectivity index (χ4n) is 1.63. The lowest BCUT2D eigenvalue weighted by molar-refractivity contribution is -0.137. The minimum Gasteiger partial charge on any atom is -0.380 e. The number of benzene rings is 2. The van der Waals surface area contributed by atoms with E-state index in [0.717, 1.165) is 11.1 Å². The molecule has 0 unspecified atom stereocenters. The number of carbonyl (C=O) groups excluding carboxylic acids is 1. The molecule has 0 aliphatic rings. The Bertz CT molecular complexity index is 659. The summed E-state index contributed by atoms with van der Waals surface area (Å²) in [5.41, 5.74) is 8.49. The van der Waals surface area contributed by atoms with E-state index in [1.54, 1.807) is 6.08 Å². The summed E-state index contributed by atoms with van der Waals surface area (Å²) < 4.78 is 0. The number of amidine groups is 1. The van der Waals surface area contributed by atoms with Gasteiger partial charge in [0.2, 0.25) is 0 Å². The van der Waals surface area contributed by atoms with Crippen molar-refractivity contribution in [3.05, 3.63) is 77.4 Å². The van der Waals surface area contributed by atoms with Crippen LogP contribution >= 0.6 is 0 Å². The van der Waals surface area contributed by atoms with Crippen LogP contribution < -0.4 is 5.73 Å². The molecule has 0 saturated carbocycles. The molecule has 0 aliphatic heterocycles. The van der Waals surface area contributed by atoms with Gasteiger partial charge in [0.1, 0.15) is 0 Å². The Morgan fingerprint density at radius 2 is 1.76 bits per heavy atom. The summed E-state index contributed by atoms with van der Waals surface area (Å²) in [7, 11) is 0. The van der Waals surface area contributed by atoms with Gasteiger partial charge in [-0.05, 0) is 18.6 Å². The molecule has 4 heteroatoms. The Labute approximate surface area is 123 Å². The van der Waals surface area contributed by atoms with Crippen molar-refractivity contribution < 1.29 is 9.63 Å². The molecular formula is C17H16N2O2. The molecule has 0 spiro atoms. The quantitative estimate of drug-likeness (QED) is 0.308. The van der Waals surface area contributed by atoms with Crippen molar-refractivity contribution in [2.24, 2.45) is 10.9 Å². The van der Waals surface area contributed by atoms with Crippen molar-refractivity contribution in [3.63, 3.8) is 0 Å². The third-order valence-corrected chi connectivity index (χ3v) is 2.79. The first-order chi connectivity index (χ1) is 10.1. The second-order valence-corrected chi connectivity index (χ2v) is 4.50. The number of hydrogen-bond donors (Lipinski definition) is 1. The van der Waals surface area contributed by atoms with E-state index in [1.807, 2.05) is 61.5 Å². The molecule has 2 aromatic carbocycles. The number of carbonyl (C=O) groups is 1. The molecule has 0 aliphatic carbocycles. The third kappa shape index (κ3) is 4.62. The number of rotatable bonds is 4. The van der Waals surface area contributed by atoms with Gasteiger partial charge in [-0.25, -0.2) is 4.79 Å². The maximum absolute atomic E-state index is 11.5. The van der Waals surface area contributed by atoms with Gasteiger partial charge in [0.25, 0.3) is 0 Å². The molecule has 0 bridgehead atoms. The maximum atomic E-state index is 11.5. The predicted octanol–water partition coefficient (Wildman–Crippen LogP) is 2.87. The van der Waals surface area contributed by atoms with Gasteiger partial charge in [0.15, 0.2) is 5.84 Å². The third-order valence-electron chi connectivity index (χ3n) is 2.79. The zero-order valence-corrected chi connectivity index (χ0v) is 11.7. The van der Waals surface area contributed by atoms with E-state index in [-0.39, 0.29) is 5.84 Å². The molecule has 2 aromatic rings. The van der Waals surface area contributed by atoms with Crippen LogP contribution in [0.2, 0.25) is 0 Å². The van der Waals surface area contributed by atoms with Crippen LogP contribution in [0.25, 0.3) is 6.08 Å². The topological polar surface area (TPSA) is 64.7 Å². The first-order valence-electron chi connectivity index (χ1n) is 6.50. The Hall–Kier alpha value is -2.88. The van der Waals surface area contributed by atoms with Crippen LogP contribution in [0.5, 0.6) is 0 Å². The Morgan fingerprint density at radius 1 is 1.10 bits per heavy atom. The molecule has 0 radical (unpaired) electrons. The molecular weight excluding hydrogens is 264 g/mol. The van der Waals surface area contributed by atoms with E-state index in [1.165, 1.54) is 6.08 Å². The SMILES string of the molecule is Cc1ccc(C(N)=NOC(=O)/C=C/c2ccccc2)cc1. The van der Waals surface area contributed by atoms with E-state index >= 15 is 0 Å². The minimum absolute atomic E-state index is 0.163. The van der Waals surface area contributed by atoms with Gasteiger partial charge in [-0.3, -0.25) is 0 Å². The molecule has 2 rings (SSSR count). The first-order valence-corrected chi connectivity index (χ1v) is 6.50. The Morgan fingerprint density at radius 3 is 2.43 bits per heavy atom. The van der Waals surface area contributed by atoms with Crippen LogP contribution in [0.15, 0.2) is 65.8 Å². The van der Waals surface area contributed by atoms with Gasteiger partial charge in [-0.2, -0.15) is 0 Å². The standard InChI is InChI=1S/C17H16N2O2/c1-13-7-10-15(11-8-13)17(18)19-21-16(20)12-9-14-5-3-2-4-6-14/h2-12H,1H3,(H2,18,19)/b12-9+. The van der Waals surface area contributed by atoms with Gasteiger partial charge in [-0.1, -0.05) is 65.3 Å². The van der Waals surface area contributed by atoms with Crippen molar-refractivity contribution in [3.8, 4) is 0 Å². The summed E-state index contributed by atoms with van der Waals surface area (Å²) in [4.78, 5) is 16.3. The summed E-state index contributed by atoms with van der Waals surface area (Å²) in [6.45, 7) is 1.98. The molecule has 0 aromatic heterocycles. The molecule has 0 atom stereocenters. The van der Waals surface area contributed by atoms with Crippen molar-refractivity contribution >= 4 is 17.9 Å². The van der Waals surface area contributed by atoms with Crippen LogP contribution in [0.3, 0.4) is 0 Å². The second-order valence-electron chi connectivity index (χ2n) is 4.50. The summed E-state index contributed by atoms with van der Waals surface area (Å²) in [6.07, 6.45) is 2.96. The zero-order chi connectivity index (χ0) is 15.1. The van der Waals surface area contributed by atoms with Crippen LogP contribution in [0, 0.1) is 6.92 Å². The number of hydrogen-bond acceptors (Lipinski definition) is 3. The van der Waals surface area contributed by atoms with E-state index in [9.17, 15) is 4.79 Å². The van der Waals surface area contributed by atoms with Gasteiger partial charge in [0, 0.05) is 11.6 Å². The molecule has 2 N–H and O–H groups in total. The fraction of sp³-hybridized carbons (Fsp3) is 0.0588. The van der Waals surface area contributed by atoms with Gasteiger partial charge >= 0.3 is 5.97 Å². The van der Waals surface area contributed by atoms with E-state index in [0.29, 0.717) is 5.56 Å². The summed E-state index contributed by atoms with van der Waals surface area (Å²) >= 11 is 0. The van der Waals surface area contributed by atoms with Crippen molar-refractivity contribution in [1.82, 2.24) is 0 Å². The maximum Gasteiger partial charge on any atom is 0.358 e. The molecule has 0 amide bonds. The highest BCUT2D eigenvalue weighted by Crippen LogP contribution is 2.04. The monoisotopic (exact) mass is 280 g/mol. The van der Waals surface area contributed by atoms with E-state index in [4.69, 9.17) is 10.6 Å². The molecule has 0 heterocycles. The summed E-state index contributed by atoms with van der Waals surface area (Å²) in [5, 5.41) is 3.63.